The van der Waals surface area contributed by atoms with Crippen molar-refractivity contribution in [2.45, 2.75) is 32.4 Å². The van der Waals surface area contributed by atoms with Crippen LogP contribution in [0.5, 0.6) is 0 Å². The lowest BCUT2D eigenvalue weighted by Crippen LogP contribution is -2.60. The molecule has 1 aromatic heterocycles. The van der Waals surface area contributed by atoms with Crippen molar-refractivity contribution >= 4 is 11.8 Å². The number of ether oxygens (including phenoxy) is 2. The van der Waals surface area contributed by atoms with Crippen LogP contribution in [0.1, 0.15) is 42.1 Å². The van der Waals surface area contributed by atoms with Gasteiger partial charge in [0.15, 0.2) is 11.5 Å². The van der Waals surface area contributed by atoms with Crippen LogP contribution < -0.4 is 5.32 Å². The van der Waals surface area contributed by atoms with Gasteiger partial charge in [-0.15, -0.1) is 0 Å². The van der Waals surface area contributed by atoms with Crippen LogP contribution in [0.3, 0.4) is 0 Å². The Labute approximate surface area is 160 Å². The fourth-order valence-corrected chi connectivity index (χ4v) is 2.82. The Morgan fingerprint density at radius 3 is 2.36 bits per heavy atom. The number of halogens is 3. The van der Waals surface area contributed by atoms with E-state index in [9.17, 15) is 22.8 Å². The standard InChI is InChI=1S/C17H23F3N4O4/c1-5-11(25)24-8-10(9-24)21-15(26)12-13(17(18,19)20)22-14(23(12)4)16(27-6-2)28-7-3/h5,10,16H,1,6-9H2,2-4H3,(H,21,26). The van der Waals surface area contributed by atoms with Crippen LogP contribution >= 0.6 is 0 Å². The van der Waals surface area contributed by atoms with Gasteiger partial charge >= 0.3 is 6.18 Å². The monoisotopic (exact) mass is 404 g/mol. The van der Waals surface area contributed by atoms with Gasteiger partial charge in [-0.05, 0) is 19.9 Å². The fourth-order valence-electron chi connectivity index (χ4n) is 2.82. The van der Waals surface area contributed by atoms with Crippen molar-refractivity contribution in [3.05, 3.63) is 29.9 Å². The fraction of sp³-hybridized carbons (Fsp3) is 0.588. The minimum Gasteiger partial charge on any atom is -0.346 e. The number of aromatic nitrogens is 2. The molecule has 0 aliphatic carbocycles. The molecule has 11 heteroatoms. The lowest BCUT2D eigenvalue weighted by atomic mass is 10.1. The summed E-state index contributed by atoms with van der Waals surface area (Å²) in [4.78, 5) is 29.0. The van der Waals surface area contributed by atoms with Gasteiger partial charge in [0.05, 0.1) is 6.04 Å². The highest BCUT2D eigenvalue weighted by molar-refractivity contribution is 5.95. The second kappa shape index (κ2) is 8.74. The van der Waals surface area contributed by atoms with E-state index < -0.39 is 35.8 Å². The number of nitrogens with one attached hydrogen (secondary N) is 1. The van der Waals surface area contributed by atoms with Crippen molar-refractivity contribution in [2.24, 2.45) is 7.05 Å². The number of hydrogen-bond acceptors (Lipinski definition) is 5. The molecule has 8 nitrogen and oxygen atoms in total. The zero-order valence-corrected chi connectivity index (χ0v) is 15.9. The number of carbonyl (C=O) groups is 2. The molecule has 0 radical (unpaired) electrons. The van der Waals surface area contributed by atoms with Crippen LogP contribution in [0.25, 0.3) is 0 Å². The van der Waals surface area contributed by atoms with Gasteiger partial charge in [-0.3, -0.25) is 9.59 Å². The first-order chi connectivity index (χ1) is 13.1. The molecule has 156 valence electrons. The molecule has 0 aromatic carbocycles. The van der Waals surface area contributed by atoms with Gasteiger partial charge in [0.2, 0.25) is 12.2 Å². The minimum absolute atomic E-state index is 0.154. The van der Waals surface area contributed by atoms with E-state index in [1.54, 1.807) is 13.8 Å². The molecule has 1 aromatic rings. The molecule has 0 saturated carbocycles. The van der Waals surface area contributed by atoms with Gasteiger partial charge in [-0.2, -0.15) is 13.2 Å². The third-order valence-electron chi connectivity index (χ3n) is 4.16. The molecule has 1 aliphatic rings. The van der Waals surface area contributed by atoms with Crippen molar-refractivity contribution in [2.75, 3.05) is 26.3 Å². The summed E-state index contributed by atoms with van der Waals surface area (Å²) in [5.74, 6) is -1.39. The van der Waals surface area contributed by atoms with Crippen LogP contribution in [0.15, 0.2) is 12.7 Å². The summed E-state index contributed by atoms with van der Waals surface area (Å²) in [7, 11) is 1.30. The number of imidazole rings is 1. The summed E-state index contributed by atoms with van der Waals surface area (Å²) < 4.78 is 52.1. The van der Waals surface area contributed by atoms with E-state index in [2.05, 4.69) is 16.9 Å². The van der Waals surface area contributed by atoms with Crippen LogP contribution in [-0.4, -0.2) is 58.6 Å². The van der Waals surface area contributed by atoms with E-state index in [0.717, 1.165) is 10.6 Å². The molecule has 28 heavy (non-hydrogen) atoms. The number of alkyl halides is 3. The molecule has 1 aliphatic heterocycles. The Bertz CT molecular complexity index is 735. The second-order valence-corrected chi connectivity index (χ2v) is 6.08. The van der Waals surface area contributed by atoms with Crippen LogP contribution in [-0.2, 0) is 27.5 Å². The van der Waals surface area contributed by atoms with E-state index in [1.165, 1.54) is 11.9 Å². The molecule has 0 bridgehead atoms. The quantitative estimate of drug-likeness (QED) is 0.526. The van der Waals surface area contributed by atoms with Crippen molar-refractivity contribution in [1.29, 1.82) is 0 Å². The van der Waals surface area contributed by atoms with Crippen molar-refractivity contribution in [1.82, 2.24) is 19.8 Å². The predicted octanol–water partition coefficient (Wildman–Crippen LogP) is 1.64. The first-order valence-electron chi connectivity index (χ1n) is 8.73. The third-order valence-corrected chi connectivity index (χ3v) is 4.16. The second-order valence-electron chi connectivity index (χ2n) is 6.08. The highest BCUT2D eigenvalue weighted by Gasteiger charge is 2.43. The summed E-state index contributed by atoms with van der Waals surface area (Å²) in [6.45, 7) is 7.47. The van der Waals surface area contributed by atoms with Crippen LogP contribution in [0.2, 0.25) is 0 Å². The van der Waals surface area contributed by atoms with Gasteiger partial charge in [0, 0.05) is 33.4 Å². The topological polar surface area (TPSA) is 85.7 Å². The molecule has 0 atom stereocenters. The maximum Gasteiger partial charge on any atom is 0.435 e. The Morgan fingerprint density at radius 1 is 1.32 bits per heavy atom. The number of amides is 2. The molecule has 2 rings (SSSR count). The van der Waals surface area contributed by atoms with Gasteiger partial charge in [-0.25, -0.2) is 4.98 Å². The normalized spacial score (nSPS) is 14.9. The number of hydrogen-bond donors (Lipinski definition) is 1. The van der Waals surface area contributed by atoms with Crippen LogP contribution in [0, 0.1) is 0 Å². The molecule has 1 fully saturated rings. The van der Waals surface area contributed by atoms with Crippen molar-refractivity contribution < 1.29 is 32.2 Å². The molecule has 2 amide bonds. The largest absolute Gasteiger partial charge is 0.435 e. The molecular weight excluding hydrogens is 381 g/mol. The highest BCUT2D eigenvalue weighted by atomic mass is 19.4. The predicted molar refractivity (Wildman–Crippen MR) is 92.2 cm³/mol. The number of rotatable bonds is 8. The van der Waals surface area contributed by atoms with Gasteiger partial charge < -0.3 is 24.3 Å². The average molecular weight is 404 g/mol. The number of carbonyl (C=O) groups excluding carboxylic acids is 2. The summed E-state index contributed by atoms with van der Waals surface area (Å²) in [5, 5.41) is 2.50. The van der Waals surface area contributed by atoms with Gasteiger partial charge in [-0.1, -0.05) is 6.58 Å². The highest BCUT2D eigenvalue weighted by Crippen LogP contribution is 2.33. The van der Waals surface area contributed by atoms with E-state index in [4.69, 9.17) is 9.47 Å². The summed E-state index contributed by atoms with van der Waals surface area (Å²) in [6.07, 6.45) is -4.84. The Balaban J connectivity index is 2.28. The number of likely N-dealkylation sites (tertiary alicyclic amines) is 1. The zero-order chi connectivity index (χ0) is 21.1. The van der Waals surface area contributed by atoms with Crippen LogP contribution in [0.4, 0.5) is 13.2 Å². The Morgan fingerprint density at radius 2 is 1.89 bits per heavy atom. The van der Waals surface area contributed by atoms with Gasteiger partial charge in [0.25, 0.3) is 5.91 Å². The first-order valence-corrected chi connectivity index (χ1v) is 8.73. The van der Waals surface area contributed by atoms with Gasteiger partial charge in [0.1, 0.15) is 5.69 Å². The Hall–Kier alpha value is -2.40. The molecule has 1 saturated heterocycles. The molecular formula is C17H23F3N4O4. The molecule has 0 unspecified atom stereocenters. The SMILES string of the molecule is C=CC(=O)N1CC(NC(=O)c2c(C(F)(F)F)nc(C(OCC)OCC)n2C)C1. The number of nitrogens with zero attached hydrogens (tertiary/aromatic N) is 3. The molecule has 2 heterocycles. The zero-order valence-electron chi connectivity index (χ0n) is 15.9. The maximum atomic E-state index is 13.5. The lowest BCUT2D eigenvalue weighted by Gasteiger charge is -2.38. The summed E-state index contributed by atoms with van der Waals surface area (Å²) in [6, 6.07) is -0.453. The Kier molecular flexibility index (Phi) is 6.83. The first kappa shape index (κ1) is 21.9. The smallest absolute Gasteiger partial charge is 0.346 e. The summed E-state index contributed by atoms with van der Waals surface area (Å²) >= 11 is 0. The van der Waals surface area contributed by atoms with E-state index >= 15 is 0 Å². The molecule has 0 spiro atoms. The summed E-state index contributed by atoms with van der Waals surface area (Å²) in [5.41, 5.74) is -1.95. The van der Waals surface area contributed by atoms with E-state index in [-0.39, 0.29) is 38.0 Å². The lowest BCUT2D eigenvalue weighted by molar-refractivity contribution is -0.149. The minimum atomic E-state index is -4.84. The third kappa shape index (κ3) is 4.53. The van der Waals surface area contributed by atoms with Crippen molar-refractivity contribution in [3.63, 3.8) is 0 Å². The van der Waals surface area contributed by atoms with E-state index in [0.29, 0.717) is 0 Å². The van der Waals surface area contributed by atoms with E-state index in [1.807, 2.05) is 0 Å². The maximum absolute atomic E-state index is 13.5. The average Bonchev–Trinajstić information content (AvgIpc) is 2.94. The molecule has 1 N–H and O–H groups in total. The van der Waals surface area contributed by atoms with Crippen molar-refractivity contribution in [3.8, 4) is 0 Å².